The topological polar surface area (TPSA) is 13.1 Å². The maximum Gasteiger partial charge on any atom is 0.143 e. The van der Waals surface area contributed by atoms with Crippen molar-refractivity contribution in [2.75, 3.05) is 0 Å². The van der Waals surface area contributed by atoms with E-state index >= 15 is 0 Å². The first-order valence-electron chi connectivity index (χ1n) is 16.2. The summed E-state index contributed by atoms with van der Waals surface area (Å²) in [4.78, 5) is 0. The van der Waals surface area contributed by atoms with Crippen LogP contribution in [0.5, 0.6) is 0 Å². The van der Waals surface area contributed by atoms with Crippen LogP contribution in [-0.4, -0.2) is 0 Å². The van der Waals surface area contributed by atoms with Crippen molar-refractivity contribution in [2.24, 2.45) is 0 Å². The first kappa shape index (κ1) is 26.1. The number of benzene rings is 9. The van der Waals surface area contributed by atoms with E-state index in [0.717, 1.165) is 33.1 Å². The molecule has 0 bridgehead atoms. The normalized spacial score (nSPS) is 11.8. The van der Waals surface area contributed by atoms with Gasteiger partial charge in [-0.15, -0.1) is 0 Å². The summed E-state index contributed by atoms with van der Waals surface area (Å²) in [6, 6.07) is 61.5. The van der Waals surface area contributed by atoms with Crippen LogP contribution in [0.3, 0.4) is 0 Å². The van der Waals surface area contributed by atoms with Crippen molar-refractivity contribution < 1.29 is 4.42 Å². The van der Waals surface area contributed by atoms with E-state index in [2.05, 4.69) is 170 Å². The molecule has 1 heterocycles. The molecule has 47 heavy (non-hydrogen) atoms. The Morgan fingerprint density at radius 3 is 1.57 bits per heavy atom. The van der Waals surface area contributed by atoms with Crippen LogP contribution in [0.15, 0.2) is 174 Å². The van der Waals surface area contributed by atoms with Gasteiger partial charge in [0.05, 0.1) is 0 Å². The van der Waals surface area contributed by atoms with Crippen molar-refractivity contribution in [3.8, 4) is 33.4 Å². The summed E-state index contributed by atoms with van der Waals surface area (Å²) >= 11 is 0. The number of rotatable bonds is 3. The first-order chi connectivity index (χ1) is 23.3. The van der Waals surface area contributed by atoms with Gasteiger partial charge in [0.25, 0.3) is 0 Å². The van der Waals surface area contributed by atoms with Gasteiger partial charge in [-0.25, -0.2) is 0 Å². The van der Waals surface area contributed by atoms with Crippen molar-refractivity contribution in [3.05, 3.63) is 170 Å². The van der Waals surface area contributed by atoms with Crippen LogP contribution < -0.4 is 0 Å². The van der Waals surface area contributed by atoms with E-state index in [1.54, 1.807) is 0 Å². The molecule has 0 radical (unpaired) electrons. The highest BCUT2D eigenvalue weighted by Gasteiger charge is 2.21. The summed E-state index contributed by atoms with van der Waals surface area (Å²) in [6.45, 7) is 0. The Morgan fingerprint density at radius 1 is 0.319 bits per heavy atom. The molecule has 0 N–H and O–H groups in total. The van der Waals surface area contributed by atoms with Crippen LogP contribution in [0.2, 0.25) is 0 Å². The Balaban J connectivity index is 1.38. The maximum atomic E-state index is 6.73. The second-order valence-electron chi connectivity index (χ2n) is 12.4. The van der Waals surface area contributed by atoms with Crippen LogP contribution in [-0.2, 0) is 0 Å². The van der Waals surface area contributed by atoms with E-state index in [0.29, 0.717) is 0 Å². The molecule has 0 aliphatic heterocycles. The Kier molecular flexibility index (Phi) is 5.64. The van der Waals surface area contributed by atoms with Gasteiger partial charge in [-0.1, -0.05) is 152 Å². The van der Waals surface area contributed by atoms with Crippen LogP contribution in [0, 0.1) is 0 Å². The smallest absolute Gasteiger partial charge is 0.143 e. The minimum atomic E-state index is 0.911. The highest BCUT2D eigenvalue weighted by Crippen LogP contribution is 2.48. The molecule has 10 rings (SSSR count). The summed E-state index contributed by atoms with van der Waals surface area (Å²) in [5, 5.41) is 12.2. The van der Waals surface area contributed by atoms with E-state index in [4.69, 9.17) is 4.42 Å². The van der Waals surface area contributed by atoms with Gasteiger partial charge in [-0.05, 0) is 89.1 Å². The molecule has 0 saturated heterocycles. The van der Waals surface area contributed by atoms with Crippen molar-refractivity contribution in [1.29, 1.82) is 0 Å². The van der Waals surface area contributed by atoms with E-state index in [-0.39, 0.29) is 0 Å². The monoisotopic (exact) mass is 596 g/mol. The predicted octanol–water partition coefficient (Wildman–Crippen LogP) is 13.2. The Bertz CT molecular complexity index is 2780. The summed E-state index contributed by atoms with van der Waals surface area (Å²) < 4.78 is 6.73. The van der Waals surface area contributed by atoms with E-state index in [1.165, 1.54) is 65.3 Å². The molecular formula is C46H28O. The second kappa shape index (κ2) is 10.2. The van der Waals surface area contributed by atoms with Gasteiger partial charge in [-0.3, -0.25) is 0 Å². The molecule has 1 aromatic heterocycles. The number of furan rings is 1. The van der Waals surface area contributed by atoms with Crippen molar-refractivity contribution in [1.82, 2.24) is 0 Å². The molecule has 0 aliphatic rings. The molecule has 0 saturated carbocycles. The van der Waals surface area contributed by atoms with Crippen molar-refractivity contribution >= 4 is 65.0 Å². The van der Waals surface area contributed by atoms with Gasteiger partial charge in [0.15, 0.2) is 0 Å². The molecule has 0 unspecified atom stereocenters. The average molecular weight is 597 g/mol. The minimum Gasteiger partial charge on any atom is -0.455 e. The van der Waals surface area contributed by atoms with Gasteiger partial charge in [-0.2, -0.15) is 0 Å². The fraction of sp³-hybridized carbons (Fsp3) is 0. The summed E-state index contributed by atoms with van der Waals surface area (Å²) in [6.07, 6.45) is 0. The van der Waals surface area contributed by atoms with Crippen molar-refractivity contribution in [2.45, 2.75) is 0 Å². The largest absolute Gasteiger partial charge is 0.455 e. The van der Waals surface area contributed by atoms with Gasteiger partial charge < -0.3 is 4.42 Å². The molecule has 1 nitrogen and oxygen atoms in total. The number of hydrogen-bond donors (Lipinski definition) is 0. The van der Waals surface area contributed by atoms with E-state index in [9.17, 15) is 0 Å². The third-order valence-corrected chi connectivity index (χ3v) is 9.83. The zero-order valence-electron chi connectivity index (χ0n) is 25.6. The second-order valence-corrected chi connectivity index (χ2v) is 12.4. The lowest BCUT2D eigenvalue weighted by Crippen LogP contribution is -1.92. The molecule has 1 heteroatoms. The zero-order chi connectivity index (χ0) is 30.9. The molecular weight excluding hydrogens is 569 g/mol. The molecule has 9 aromatic carbocycles. The summed E-state index contributed by atoms with van der Waals surface area (Å²) in [5.74, 6) is 0. The van der Waals surface area contributed by atoms with Gasteiger partial charge >= 0.3 is 0 Å². The molecule has 218 valence electrons. The SMILES string of the molecule is c1ccc(-c2cc(-c3c4ccccc4c(-c4cccc5ccccc45)c4ccccc34)cc3c2oc2ccc4ccccc4c23)cc1. The fourth-order valence-electron chi connectivity index (χ4n) is 7.80. The molecule has 0 aliphatic carbocycles. The molecule has 0 spiro atoms. The molecule has 0 amide bonds. The van der Waals surface area contributed by atoms with Gasteiger partial charge in [0.1, 0.15) is 11.2 Å². The lowest BCUT2D eigenvalue weighted by molar-refractivity contribution is 0.670. The Morgan fingerprint density at radius 2 is 0.872 bits per heavy atom. The Hall–Kier alpha value is -6.18. The van der Waals surface area contributed by atoms with E-state index in [1.807, 2.05) is 0 Å². The quantitative estimate of drug-likeness (QED) is 0.185. The minimum absolute atomic E-state index is 0.911. The maximum absolute atomic E-state index is 6.73. The summed E-state index contributed by atoms with van der Waals surface area (Å²) in [5.41, 5.74) is 9.04. The third kappa shape index (κ3) is 3.90. The number of fused-ring (bicyclic) bond motifs is 8. The van der Waals surface area contributed by atoms with Gasteiger partial charge in [0, 0.05) is 16.3 Å². The fourth-order valence-corrected chi connectivity index (χ4v) is 7.80. The lowest BCUT2D eigenvalue weighted by atomic mass is 9.84. The summed E-state index contributed by atoms with van der Waals surface area (Å²) in [7, 11) is 0. The molecule has 0 fully saturated rings. The average Bonchev–Trinajstić information content (AvgIpc) is 3.53. The van der Waals surface area contributed by atoms with E-state index < -0.39 is 0 Å². The van der Waals surface area contributed by atoms with Crippen LogP contribution in [0.4, 0.5) is 0 Å². The zero-order valence-corrected chi connectivity index (χ0v) is 25.6. The third-order valence-electron chi connectivity index (χ3n) is 9.83. The molecule has 10 aromatic rings. The van der Waals surface area contributed by atoms with Crippen LogP contribution in [0.25, 0.3) is 98.4 Å². The predicted molar refractivity (Wildman–Crippen MR) is 200 cm³/mol. The van der Waals surface area contributed by atoms with Crippen molar-refractivity contribution in [3.63, 3.8) is 0 Å². The van der Waals surface area contributed by atoms with Gasteiger partial charge in [0.2, 0.25) is 0 Å². The number of hydrogen-bond acceptors (Lipinski definition) is 1. The highest BCUT2D eigenvalue weighted by atomic mass is 16.3. The first-order valence-corrected chi connectivity index (χ1v) is 16.2. The van der Waals surface area contributed by atoms with Crippen LogP contribution >= 0.6 is 0 Å². The highest BCUT2D eigenvalue weighted by molar-refractivity contribution is 6.26. The Labute approximate surface area is 271 Å². The molecule has 0 atom stereocenters. The lowest BCUT2D eigenvalue weighted by Gasteiger charge is -2.19. The standard InChI is InChI=1S/C46H28O/c1-2-13-30(14-3-1)40-27-32(28-41-45-34-19-7-5-16-31(34)25-26-42(45)47-46(40)41)43-36-20-8-10-22-38(36)44(39-23-11-9-21-37(39)43)35-24-12-17-29-15-4-6-18-33(29)35/h1-28H. The van der Waals surface area contributed by atoms with Crippen LogP contribution in [0.1, 0.15) is 0 Å².